The Hall–Kier alpha value is -2.71. The average Bonchev–Trinajstić information content (AvgIpc) is 3.13. The van der Waals surface area contributed by atoms with Crippen LogP contribution in [0.2, 0.25) is 0 Å². The van der Waals surface area contributed by atoms with Gasteiger partial charge in [-0.2, -0.15) is 4.31 Å². The van der Waals surface area contributed by atoms with E-state index < -0.39 is 10.0 Å². The summed E-state index contributed by atoms with van der Waals surface area (Å²) in [6.07, 6.45) is 0.978. The molecule has 2 aromatic carbocycles. The molecule has 1 saturated heterocycles. The van der Waals surface area contributed by atoms with Crippen molar-refractivity contribution in [1.82, 2.24) is 9.46 Å². The molecule has 2 heterocycles. The highest BCUT2D eigenvalue weighted by Gasteiger charge is 2.36. The predicted molar refractivity (Wildman–Crippen MR) is 119 cm³/mol. The standard InChI is InChI=1S/C23H27N3O4S/c1-4-26(21-11-7-9-18-8-5-6-10-20(18)21)23(27)19-12-14-25(15-13-19)31(28,29)22-16(2)24-30-17(22)3/h5-11,19H,4,12-15H2,1-3H3. The number of aromatic nitrogens is 1. The summed E-state index contributed by atoms with van der Waals surface area (Å²) in [6, 6.07) is 14.0. The number of carbonyl (C=O) groups is 1. The molecule has 0 unspecified atom stereocenters. The first kappa shape index (κ1) is 21.5. The van der Waals surface area contributed by atoms with Gasteiger partial charge >= 0.3 is 0 Å². The van der Waals surface area contributed by atoms with Gasteiger partial charge in [0.05, 0.1) is 5.69 Å². The molecule has 0 saturated carbocycles. The van der Waals surface area contributed by atoms with Gasteiger partial charge in [-0.3, -0.25) is 4.79 Å². The van der Waals surface area contributed by atoms with Crippen LogP contribution in [0.15, 0.2) is 51.9 Å². The molecule has 0 N–H and O–H groups in total. The summed E-state index contributed by atoms with van der Waals surface area (Å²) in [6.45, 7) is 6.36. The summed E-state index contributed by atoms with van der Waals surface area (Å²) in [7, 11) is -3.68. The van der Waals surface area contributed by atoms with Gasteiger partial charge in [0.2, 0.25) is 15.9 Å². The molecule has 1 aliphatic heterocycles. The number of amides is 1. The third-order valence-electron chi connectivity index (χ3n) is 6.01. The first-order chi connectivity index (χ1) is 14.8. The lowest BCUT2D eigenvalue weighted by atomic mass is 9.95. The lowest BCUT2D eigenvalue weighted by Gasteiger charge is -2.33. The van der Waals surface area contributed by atoms with Gasteiger partial charge in [0, 0.05) is 30.9 Å². The Kier molecular flexibility index (Phi) is 5.85. The third kappa shape index (κ3) is 3.85. The van der Waals surface area contributed by atoms with Crippen molar-refractivity contribution < 1.29 is 17.7 Å². The molecule has 8 heteroatoms. The molecule has 7 nitrogen and oxygen atoms in total. The highest BCUT2D eigenvalue weighted by atomic mass is 32.2. The van der Waals surface area contributed by atoms with Gasteiger partial charge in [-0.1, -0.05) is 41.6 Å². The SMILES string of the molecule is CCN(C(=O)C1CCN(S(=O)(=O)c2c(C)noc2C)CC1)c1cccc2ccccc12. The Morgan fingerprint density at radius 2 is 1.81 bits per heavy atom. The van der Waals surface area contributed by atoms with Crippen LogP contribution in [0.25, 0.3) is 10.8 Å². The maximum Gasteiger partial charge on any atom is 0.248 e. The molecule has 31 heavy (non-hydrogen) atoms. The van der Waals surface area contributed by atoms with Crippen molar-refractivity contribution in [1.29, 1.82) is 0 Å². The number of aryl methyl sites for hydroxylation is 2. The zero-order chi connectivity index (χ0) is 22.2. The zero-order valence-corrected chi connectivity index (χ0v) is 18.9. The fourth-order valence-electron chi connectivity index (χ4n) is 4.42. The molecule has 0 atom stereocenters. The molecule has 0 bridgehead atoms. The number of nitrogens with zero attached hydrogens (tertiary/aromatic N) is 3. The van der Waals surface area contributed by atoms with E-state index in [9.17, 15) is 13.2 Å². The number of hydrogen-bond acceptors (Lipinski definition) is 5. The number of carbonyl (C=O) groups excluding carboxylic acids is 1. The van der Waals surface area contributed by atoms with Crippen molar-refractivity contribution in [2.75, 3.05) is 24.5 Å². The minimum absolute atomic E-state index is 0.0493. The van der Waals surface area contributed by atoms with Crippen LogP contribution in [0.3, 0.4) is 0 Å². The highest BCUT2D eigenvalue weighted by Crippen LogP contribution is 2.31. The number of sulfonamides is 1. The molecule has 164 valence electrons. The van der Waals surface area contributed by atoms with Gasteiger partial charge in [-0.15, -0.1) is 0 Å². The first-order valence-corrected chi connectivity index (χ1v) is 12.0. The van der Waals surface area contributed by atoms with Crippen molar-refractivity contribution in [3.8, 4) is 0 Å². The summed E-state index contributed by atoms with van der Waals surface area (Å²) in [5.74, 6) is 0.132. The van der Waals surface area contributed by atoms with E-state index in [1.54, 1.807) is 13.8 Å². The Balaban J connectivity index is 1.52. The van der Waals surface area contributed by atoms with E-state index in [4.69, 9.17) is 4.52 Å². The largest absolute Gasteiger partial charge is 0.360 e. The van der Waals surface area contributed by atoms with Crippen molar-refractivity contribution in [2.45, 2.75) is 38.5 Å². The van der Waals surface area contributed by atoms with Crippen LogP contribution in [-0.2, 0) is 14.8 Å². The number of anilines is 1. The summed E-state index contributed by atoms with van der Waals surface area (Å²) < 4.78 is 32.6. The quantitative estimate of drug-likeness (QED) is 0.600. The molecule has 3 aromatic rings. The number of rotatable bonds is 5. The summed E-state index contributed by atoms with van der Waals surface area (Å²) in [5, 5.41) is 5.90. The van der Waals surface area contributed by atoms with E-state index in [0.29, 0.717) is 43.9 Å². The molecule has 0 spiro atoms. The van der Waals surface area contributed by atoms with Crippen molar-refractivity contribution in [3.05, 3.63) is 53.9 Å². The summed E-state index contributed by atoms with van der Waals surface area (Å²) >= 11 is 0. The van der Waals surface area contributed by atoms with Crippen LogP contribution in [0.4, 0.5) is 5.69 Å². The van der Waals surface area contributed by atoms with E-state index in [0.717, 1.165) is 16.5 Å². The second kappa shape index (κ2) is 8.43. The molecule has 4 rings (SSSR count). The van der Waals surface area contributed by atoms with Crippen LogP contribution < -0.4 is 4.90 Å². The lowest BCUT2D eigenvalue weighted by Crippen LogP contribution is -2.44. The molecule has 1 aromatic heterocycles. The average molecular weight is 442 g/mol. The molecule has 0 radical (unpaired) electrons. The van der Waals surface area contributed by atoms with Crippen molar-refractivity contribution in [2.24, 2.45) is 5.92 Å². The van der Waals surface area contributed by atoms with E-state index in [1.807, 2.05) is 54.3 Å². The number of hydrogen-bond donors (Lipinski definition) is 0. The van der Waals surface area contributed by atoms with Gasteiger partial charge in [0.15, 0.2) is 5.76 Å². The smallest absolute Gasteiger partial charge is 0.248 e. The summed E-state index contributed by atoms with van der Waals surface area (Å²) in [4.78, 5) is 15.4. The Labute approximate surface area is 182 Å². The van der Waals surface area contributed by atoms with Crippen LogP contribution in [0.5, 0.6) is 0 Å². The number of benzene rings is 2. The fraction of sp³-hybridized carbons (Fsp3) is 0.391. The van der Waals surface area contributed by atoms with Crippen molar-refractivity contribution in [3.63, 3.8) is 0 Å². The molecule has 0 aliphatic carbocycles. The second-order valence-electron chi connectivity index (χ2n) is 7.91. The van der Waals surface area contributed by atoms with Gasteiger partial charge in [0.1, 0.15) is 10.6 Å². The molecule has 1 aliphatic rings. The number of fused-ring (bicyclic) bond motifs is 1. The van der Waals surface area contributed by atoms with Gasteiger partial charge < -0.3 is 9.42 Å². The minimum Gasteiger partial charge on any atom is -0.360 e. The lowest BCUT2D eigenvalue weighted by molar-refractivity contribution is -0.123. The van der Waals surface area contributed by atoms with Gasteiger partial charge in [0.25, 0.3) is 0 Å². The molecular formula is C23H27N3O4S. The first-order valence-electron chi connectivity index (χ1n) is 10.6. The highest BCUT2D eigenvalue weighted by molar-refractivity contribution is 7.89. The molecule has 1 amide bonds. The number of piperidine rings is 1. The molecular weight excluding hydrogens is 414 g/mol. The van der Waals surface area contributed by atoms with Crippen LogP contribution >= 0.6 is 0 Å². The maximum atomic E-state index is 13.4. The topological polar surface area (TPSA) is 83.7 Å². The zero-order valence-electron chi connectivity index (χ0n) is 18.0. The van der Waals surface area contributed by atoms with E-state index in [2.05, 4.69) is 5.16 Å². The normalized spacial score (nSPS) is 16.0. The predicted octanol–water partition coefficient (Wildman–Crippen LogP) is 3.90. The van der Waals surface area contributed by atoms with E-state index in [-0.39, 0.29) is 16.7 Å². The van der Waals surface area contributed by atoms with Crippen molar-refractivity contribution >= 4 is 32.4 Å². The van der Waals surface area contributed by atoms with Crippen LogP contribution in [0, 0.1) is 19.8 Å². The van der Waals surface area contributed by atoms with E-state index >= 15 is 0 Å². The fourth-order valence-corrected chi connectivity index (χ4v) is 6.18. The van der Waals surface area contributed by atoms with Gasteiger partial charge in [-0.25, -0.2) is 8.42 Å². The Morgan fingerprint density at radius 3 is 2.45 bits per heavy atom. The van der Waals surface area contributed by atoms with Gasteiger partial charge in [-0.05, 0) is 45.1 Å². The second-order valence-corrected chi connectivity index (χ2v) is 9.79. The Bertz CT molecular complexity index is 1190. The minimum atomic E-state index is -3.68. The monoisotopic (exact) mass is 441 g/mol. The van der Waals surface area contributed by atoms with Crippen LogP contribution in [0.1, 0.15) is 31.2 Å². The maximum absolute atomic E-state index is 13.4. The Morgan fingerprint density at radius 1 is 1.13 bits per heavy atom. The molecule has 1 fully saturated rings. The van der Waals surface area contributed by atoms with E-state index in [1.165, 1.54) is 4.31 Å². The van der Waals surface area contributed by atoms with Crippen LogP contribution in [-0.4, -0.2) is 43.4 Å². The summed E-state index contributed by atoms with van der Waals surface area (Å²) in [5.41, 5.74) is 1.26. The third-order valence-corrected chi connectivity index (χ3v) is 8.15.